The van der Waals surface area contributed by atoms with Gasteiger partial charge in [-0.3, -0.25) is 4.98 Å². The summed E-state index contributed by atoms with van der Waals surface area (Å²) < 4.78 is 5.67. The van der Waals surface area contributed by atoms with Crippen LogP contribution in [0, 0.1) is 0 Å². The van der Waals surface area contributed by atoms with E-state index in [-0.39, 0.29) is 0 Å². The van der Waals surface area contributed by atoms with Gasteiger partial charge in [-0.2, -0.15) is 11.8 Å². The molecule has 3 nitrogen and oxygen atoms in total. The first-order valence-electron chi connectivity index (χ1n) is 4.45. The molecule has 0 bridgehead atoms. The van der Waals surface area contributed by atoms with E-state index in [2.05, 4.69) is 9.97 Å². The SMILES string of the molecule is c1cnc(OC2CCSCC2)cn1. The summed E-state index contributed by atoms with van der Waals surface area (Å²) in [5, 5.41) is 0. The van der Waals surface area contributed by atoms with E-state index in [9.17, 15) is 0 Å². The molecule has 1 aliphatic rings. The predicted molar refractivity (Wildman–Crippen MR) is 53.0 cm³/mol. The molecule has 0 aliphatic carbocycles. The van der Waals surface area contributed by atoms with E-state index in [0.717, 1.165) is 12.8 Å². The van der Waals surface area contributed by atoms with Crippen molar-refractivity contribution in [2.45, 2.75) is 18.9 Å². The van der Waals surface area contributed by atoms with E-state index in [0.29, 0.717) is 12.0 Å². The van der Waals surface area contributed by atoms with Gasteiger partial charge in [0.15, 0.2) is 0 Å². The van der Waals surface area contributed by atoms with Gasteiger partial charge in [0, 0.05) is 12.4 Å². The van der Waals surface area contributed by atoms with Crippen molar-refractivity contribution in [3.8, 4) is 5.88 Å². The van der Waals surface area contributed by atoms with Gasteiger partial charge in [-0.25, -0.2) is 4.98 Å². The Bertz CT molecular complexity index is 249. The van der Waals surface area contributed by atoms with Gasteiger partial charge in [0.2, 0.25) is 5.88 Å². The maximum atomic E-state index is 5.67. The van der Waals surface area contributed by atoms with Gasteiger partial charge in [0.05, 0.1) is 6.20 Å². The molecule has 0 N–H and O–H groups in total. The van der Waals surface area contributed by atoms with Crippen molar-refractivity contribution < 1.29 is 4.74 Å². The van der Waals surface area contributed by atoms with Crippen LogP contribution in [-0.2, 0) is 0 Å². The Morgan fingerprint density at radius 3 is 2.85 bits per heavy atom. The molecule has 2 rings (SSSR count). The Kier molecular flexibility index (Phi) is 3.02. The lowest BCUT2D eigenvalue weighted by molar-refractivity contribution is 0.183. The minimum Gasteiger partial charge on any atom is -0.473 e. The average Bonchev–Trinajstić information content (AvgIpc) is 2.21. The molecule has 0 atom stereocenters. The average molecular weight is 196 g/mol. The number of aromatic nitrogens is 2. The molecular weight excluding hydrogens is 184 g/mol. The second kappa shape index (κ2) is 4.46. The Balaban J connectivity index is 1.90. The second-order valence-corrected chi connectivity index (χ2v) is 4.20. The van der Waals surface area contributed by atoms with Crippen molar-refractivity contribution in [3.63, 3.8) is 0 Å². The van der Waals surface area contributed by atoms with Crippen molar-refractivity contribution in [2.24, 2.45) is 0 Å². The number of hydrogen-bond acceptors (Lipinski definition) is 4. The quantitative estimate of drug-likeness (QED) is 0.722. The number of hydrogen-bond donors (Lipinski definition) is 0. The molecule has 70 valence electrons. The fraction of sp³-hybridized carbons (Fsp3) is 0.556. The van der Waals surface area contributed by atoms with Crippen molar-refractivity contribution in [1.82, 2.24) is 9.97 Å². The van der Waals surface area contributed by atoms with Crippen LogP contribution in [0.5, 0.6) is 5.88 Å². The molecule has 4 heteroatoms. The molecule has 1 fully saturated rings. The fourth-order valence-corrected chi connectivity index (χ4v) is 2.37. The van der Waals surface area contributed by atoms with Crippen molar-refractivity contribution >= 4 is 11.8 Å². The van der Waals surface area contributed by atoms with Crippen LogP contribution in [0.25, 0.3) is 0 Å². The van der Waals surface area contributed by atoms with Crippen LogP contribution in [0.1, 0.15) is 12.8 Å². The summed E-state index contributed by atoms with van der Waals surface area (Å²) in [5.41, 5.74) is 0. The summed E-state index contributed by atoms with van der Waals surface area (Å²) in [7, 11) is 0. The summed E-state index contributed by atoms with van der Waals surface area (Å²) in [4.78, 5) is 8.04. The summed E-state index contributed by atoms with van der Waals surface area (Å²) in [6, 6.07) is 0. The lowest BCUT2D eigenvalue weighted by atomic mass is 10.2. The predicted octanol–water partition coefficient (Wildman–Crippen LogP) is 1.75. The number of thioether (sulfide) groups is 1. The molecule has 0 unspecified atom stereocenters. The van der Waals surface area contributed by atoms with Gasteiger partial charge in [-0.1, -0.05) is 0 Å². The summed E-state index contributed by atoms with van der Waals surface area (Å²) in [5.74, 6) is 3.05. The van der Waals surface area contributed by atoms with Gasteiger partial charge >= 0.3 is 0 Å². The zero-order chi connectivity index (χ0) is 8.93. The van der Waals surface area contributed by atoms with E-state index >= 15 is 0 Å². The molecule has 0 aromatic carbocycles. The Labute approximate surface area is 81.9 Å². The minimum absolute atomic E-state index is 0.345. The van der Waals surface area contributed by atoms with Crippen LogP contribution in [0.15, 0.2) is 18.6 Å². The highest BCUT2D eigenvalue weighted by atomic mass is 32.2. The van der Waals surface area contributed by atoms with Crippen LogP contribution >= 0.6 is 11.8 Å². The van der Waals surface area contributed by atoms with Gasteiger partial charge in [0.1, 0.15) is 6.10 Å². The van der Waals surface area contributed by atoms with Crippen molar-refractivity contribution in [1.29, 1.82) is 0 Å². The zero-order valence-corrected chi connectivity index (χ0v) is 8.17. The molecular formula is C9H12N2OS. The number of rotatable bonds is 2. The highest BCUT2D eigenvalue weighted by molar-refractivity contribution is 7.99. The molecule has 0 amide bonds. The Morgan fingerprint density at radius 2 is 2.15 bits per heavy atom. The molecule has 0 radical (unpaired) electrons. The molecule has 0 spiro atoms. The number of ether oxygens (including phenoxy) is 1. The maximum absolute atomic E-state index is 5.67. The third-order valence-corrected chi connectivity index (χ3v) is 3.04. The van der Waals surface area contributed by atoms with Gasteiger partial charge in [-0.05, 0) is 24.3 Å². The van der Waals surface area contributed by atoms with Crippen LogP contribution in [0.2, 0.25) is 0 Å². The van der Waals surface area contributed by atoms with E-state index < -0.39 is 0 Å². The Morgan fingerprint density at radius 1 is 1.31 bits per heavy atom. The van der Waals surface area contributed by atoms with Crippen LogP contribution in [0.3, 0.4) is 0 Å². The molecule has 1 aromatic rings. The first kappa shape index (κ1) is 8.81. The fourth-order valence-electron chi connectivity index (χ4n) is 1.31. The largest absolute Gasteiger partial charge is 0.473 e. The monoisotopic (exact) mass is 196 g/mol. The molecule has 13 heavy (non-hydrogen) atoms. The van der Waals surface area contributed by atoms with Crippen LogP contribution < -0.4 is 4.74 Å². The van der Waals surface area contributed by atoms with E-state index in [1.165, 1.54) is 11.5 Å². The lowest BCUT2D eigenvalue weighted by Gasteiger charge is -2.21. The first-order valence-corrected chi connectivity index (χ1v) is 5.61. The molecule has 1 aromatic heterocycles. The molecule has 2 heterocycles. The molecule has 0 saturated carbocycles. The first-order chi connectivity index (χ1) is 6.45. The van der Waals surface area contributed by atoms with Crippen molar-refractivity contribution in [3.05, 3.63) is 18.6 Å². The Hall–Kier alpha value is -0.770. The van der Waals surface area contributed by atoms with E-state index in [1.807, 2.05) is 11.8 Å². The smallest absolute Gasteiger partial charge is 0.232 e. The zero-order valence-electron chi connectivity index (χ0n) is 7.35. The highest BCUT2D eigenvalue weighted by Gasteiger charge is 2.15. The normalized spacial score (nSPS) is 18.5. The van der Waals surface area contributed by atoms with Crippen LogP contribution in [-0.4, -0.2) is 27.6 Å². The summed E-state index contributed by atoms with van der Waals surface area (Å²) in [6.07, 6.45) is 7.58. The standard InChI is InChI=1S/C9H12N2OS/c1-5-13-6-2-8(1)12-9-7-10-3-4-11-9/h3-4,7-8H,1-2,5-6H2. The van der Waals surface area contributed by atoms with Crippen molar-refractivity contribution in [2.75, 3.05) is 11.5 Å². The van der Waals surface area contributed by atoms with Gasteiger partial charge in [-0.15, -0.1) is 0 Å². The molecule has 1 aliphatic heterocycles. The van der Waals surface area contributed by atoms with Gasteiger partial charge in [0.25, 0.3) is 0 Å². The lowest BCUT2D eigenvalue weighted by Crippen LogP contribution is -2.22. The van der Waals surface area contributed by atoms with E-state index in [1.54, 1.807) is 18.6 Å². The second-order valence-electron chi connectivity index (χ2n) is 2.97. The maximum Gasteiger partial charge on any atom is 0.232 e. The van der Waals surface area contributed by atoms with Gasteiger partial charge < -0.3 is 4.74 Å². The molecule has 1 saturated heterocycles. The summed E-state index contributed by atoms with van der Waals surface area (Å²) >= 11 is 1.99. The highest BCUT2D eigenvalue weighted by Crippen LogP contribution is 2.20. The number of nitrogens with zero attached hydrogens (tertiary/aromatic N) is 2. The van der Waals surface area contributed by atoms with Crippen LogP contribution in [0.4, 0.5) is 0 Å². The third-order valence-electron chi connectivity index (χ3n) is 2.00. The summed E-state index contributed by atoms with van der Waals surface area (Å²) in [6.45, 7) is 0. The topological polar surface area (TPSA) is 35.0 Å². The minimum atomic E-state index is 0.345. The third kappa shape index (κ3) is 2.59. The van der Waals surface area contributed by atoms with E-state index in [4.69, 9.17) is 4.74 Å².